The van der Waals surface area contributed by atoms with Crippen molar-refractivity contribution in [3.05, 3.63) is 17.5 Å². The first-order valence-corrected chi connectivity index (χ1v) is 9.91. The van der Waals surface area contributed by atoms with Gasteiger partial charge in [0.25, 0.3) is 0 Å². The number of thiophene rings is 1. The molecule has 1 aromatic heterocycles. The summed E-state index contributed by atoms with van der Waals surface area (Å²) in [6, 6.07) is 4.19. The molecular weight excluding hydrogens is 449 g/mol. The lowest BCUT2D eigenvalue weighted by atomic mass is 10.3. The van der Waals surface area contributed by atoms with Crippen LogP contribution in [-0.2, 0) is 10.0 Å². The standard InChI is InChI=1S/C13H23N5O2S2.HI/c1-2-15-13(16-5-11-22(14,19)20)18-8-6-17(7-9-18)12-4-3-10-21-12;/h3-4,10H,2,5-9,11H2,1H3,(H,15,16)(H2,14,19,20);1H. The maximum absolute atomic E-state index is 11.0. The van der Waals surface area contributed by atoms with E-state index >= 15 is 0 Å². The number of rotatable bonds is 5. The number of nitrogens with one attached hydrogen (secondary N) is 1. The normalized spacial score (nSPS) is 16.2. The summed E-state index contributed by atoms with van der Waals surface area (Å²) < 4.78 is 22.0. The molecule has 0 bridgehead atoms. The summed E-state index contributed by atoms with van der Waals surface area (Å²) in [6.45, 7) is 6.52. The number of hydrogen-bond donors (Lipinski definition) is 2. The summed E-state index contributed by atoms with van der Waals surface area (Å²) in [6.07, 6.45) is 0. The Bertz CT molecular complexity index is 584. The van der Waals surface area contributed by atoms with Gasteiger partial charge in [0.05, 0.1) is 17.3 Å². The number of hydrogen-bond acceptors (Lipinski definition) is 5. The second-order valence-corrected chi connectivity index (χ2v) is 7.69. The first-order valence-electron chi connectivity index (χ1n) is 7.32. The third-order valence-electron chi connectivity index (χ3n) is 3.37. The van der Waals surface area contributed by atoms with Crippen LogP contribution in [0.5, 0.6) is 0 Å². The van der Waals surface area contributed by atoms with Gasteiger partial charge < -0.3 is 15.1 Å². The van der Waals surface area contributed by atoms with E-state index in [1.54, 1.807) is 11.3 Å². The first kappa shape index (κ1) is 20.5. The molecule has 1 aliphatic rings. The Hall–Kier alpha value is -0.590. The van der Waals surface area contributed by atoms with Crippen molar-refractivity contribution in [3.8, 4) is 0 Å². The van der Waals surface area contributed by atoms with Crippen LogP contribution in [0.15, 0.2) is 22.5 Å². The van der Waals surface area contributed by atoms with E-state index in [1.165, 1.54) is 5.00 Å². The van der Waals surface area contributed by atoms with Crippen molar-refractivity contribution in [2.24, 2.45) is 10.1 Å². The number of halogens is 1. The minimum Gasteiger partial charge on any atom is -0.360 e. The third kappa shape index (κ3) is 6.81. The number of nitrogens with two attached hydrogens (primary N) is 1. The predicted molar refractivity (Wildman–Crippen MR) is 107 cm³/mol. The molecular formula is C13H24IN5O2S2. The van der Waals surface area contributed by atoms with Crippen LogP contribution in [0.2, 0.25) is 0 Å². The number of anilines is 1. The Labute approximate surface area is 159 Å². The number of primary sulfonamides is 1. The van der Waals surface area contributed by atoms with Crippen molar-refractivity contribution >= 4 is 56.3 Å². The van der Waals surface area contributed by atoms with Gasteiger partial charge in [-0.3, -0.25) is 4.99 Å². The fourth-order valence-corrected chi connectivity index (χ4v) is 3.42. The van der Waals surface area contributed by atoms with Crippen LogP contribution in [0.25, 0.3) is 0 Å². The lowest BCUT2D eigenvalue weighted by Gasteiger charge is -2.37. The molecule has 1 aliphatic heterocycles. The van der Waals surface area contributed by atoms with Crippen molar-refractivity contribution in [1.29, 1.82) is 0 Å². The number of nitrogens with zero attached hydrogens (tertiary/aromatic N) is 3. The van der Waals surface area contributed by atoms with Gasteiger partial charge in [-0.25, -0.2) is 13.6 Å². The second kappa shape index (κ2) is 9.64. The molecule has 0 spiro atoms. The minimum atomic E-state index is -3.46. The zero-order valence-corrected chi connectivity index (χ0v) is 17.1. The van der Waals surface area contributed by atoms with Crippen LogP contribution in [0.4, 0.5) is 5.00 Å². The van der Waals surface area contributed by atoms with Crippen molar-refractivity contribution in [3.63, 3.8) is 0 Å². The Morgan fingerprint density at radius 3 is 2.61 bits per heavy atom. The number of sulfonamides is 1. The maximum Gasteiger partial charge on any atom is 0.210 e. The molecule has 132 valence electrons. The highest BCUT2D eigenvalue weighted by Gasteiger charge is 2.20. The summed E-state index contributed by atoms with van der Waals surface area (Å²) in [5.41, 5.74) is 0. The van der Waals surface area contributed by atoms with E-state index in [1.807, 2.05) is 6.92 Å². The van der Waals surface area contributed by atoms with Crippen LogP contribution in [0.3, 0.4) is 0 Å². The summed E-state index contributed by atoms with van der Waals surface area (Å²) in [5.74, 6) is 0.633. The Morgan fingerprint density at radius 2 is 2.09 bits per heavy atom. The molecule has 2 rings (SSSR count). The SMILES string of the molecule is CCNC(=NCCS(N)(=O)=O)N1CCN(c2cccs2)CC1.I. The fraction of sp³-hybridized carbons (Fsp3) is 0.615. The van der Waals surface area contributed by atoms with Crippen LogP contribution < -0.4 is 15.4 Å². The quantitative estimate of drug-likeness (QED) is 0.374. The molecule has 1 saturated heterocycles. The number of piperazine rings is 1. The van der Waals surface area contributed by atoms with E-state index in [9.17, 15) is 8.42 Å². The van der Waals surface area contributed by atoms with E-state index < -0.39 is 10.0 Å². The lowest BCUT2D eigenvalue weighted by molar-refractivity contribution is 0.374. The molecule has 0 amide bonds. The van der Waals surface area contributed by atoms with Crippen molar-refractivity contribution in [2.75, 3.05) is 49.9 Å². The monoisotopic (exact) mass is 473 g/mol. The minimum absolute atomic E-state index is 0. The Kier molecular flexibility index (Phi) is 8.58. The molecule has 7 nitrogen and oxygen atoms in total. The van der Waals surface area contributed by atoms with Gasteiger partial charge in [0.15, 0.2) is 5.96 Å². The van der Waals surface area contributed by atoms with Gasteiger partial charge >= 0.3 is 0 Å². The van der Waals surface area contributed by atoms with E-state index in [0.717, 1.165) is 38.7 Å². The van der Waals surface area contributed by atoms with Crippen molar-refractivity contribution in [2.45, 2.75) is 6.92 Å². The van der Waals surface area contributed by atoms with Gasteiger partial charge in [-0.1, -0.05) is 0 Å². The average molecular weight is 473 g/mol. The highest BCUT2D eigenvalue weighted by Crippen LogP contribution is 2.22. The molecule has 3 N–H and O–H groups in total. The molecule has 0 unspecified atom stereocenters. The fourth-order valence-electron chi connectivity index (χ4n) is 2.29. The van der Waals surface area contributed by atoms with Crippen LogP contribution in [0.1, 0.15) is 6.92 Å². The molecule has 1 fully saturated rings. The summed E-state index contributed by atoms with van der Waals surface area (Å²) in [4.78, 5) is 8.89. The van der Waals surface area contributed by atoms with Crippen molar-refractivity contribution in [1.82, 2.24) is 10.2 Å². The lowest BCUT2D eigenvalue weighted by Crippen LogP contribution is -2.52. The number of guanidine groups is 1. The first-order chi connectivity index (χ1) is 10.5. The molecule has 23 heavy (non-hydrogen) atoms. The highest BCUT2D eigenvalue weighted by atomic mass is 127. The van der Waals surface area contributed by atoms with E-state index in [0.29, 0.717) is 0 Å². The van der Waals surface area contributed by atoms with Crippen molar-refractivity contribution < 1.29 is 8.42 Å². The van der Waals surface area contributed by atoms with Gasteiger partial charge in [-0.05, 0) is 24.4 Å². The van der Waals surface area contributed by atoms with Gasteiger partial charge in [0.2, 0.25) is 10.0 Å². The molecule has 10 heteroatoms. The van der Waals surface area contributed by atoms with Gasteiger partial charge in [-0.2, -0.15) is 0 Å². The zero-order chi connectivity index (χ0) is 16.0. The second-order valence-electron chi connectivity index (χ2n) is 5.03. The molecule has 0 atom stereocenters. The highest BCUT2D eigenvalue weighted by molar-refractivity contribution is 14.0. The maximum atomic E-state index is 11.0. The largest absolute Gasteiger partial charge is 0.360 e. The summed E-state index contributed by atoms with van der Waals surface area (Å²) in [7, 11) is -3.46. The topological polar surface area (TPSA) is 91.0 Å². The van der Waals surface area contributed by atoms with Crippen LogP contribution >= 0.6 is 35.3 Å². The average Bonchev–Trinajstić information content (AvgIpc) is 2.99. The third-order valence-corrected chi connectivity index (χ3v) is 5.05. The van der Waals surface area contributed by atoms with Crippen LogP contribution in [0, 0.1) is 0 Å². The number of aliphatic imine (C=N–C) groups is 1. The Morgan fingerprint density at radius 1 is 1.39 bits per heavy atom. The van der Waals surface area contributed by atoms with Gasteiger partial charge in [0, 0.05) is 32.7 Å². The van der Waals surface area contributed by atoms with Gasteiger partial charge in [-0.15, -0.1) is 35.3 Å². The molecule has 0 saturated carbocycles. The van der Waals surface area contributed by atoms with E-state index in [2.05, 4.69) is 37.6 Å². The van der Waals surface area contributed by atoms with Gasteiger partial charge in [0.1, 0.15) is 0 Å². The Balaban J connectivity index is 0.00000264. The smallest absolute Gasteiger partial charge is 0.210 e. The molecule has 0 radical (unpaired) electrons. The zero-order valence-electron chi connectivity index (χ0n) is 13.1. The molecule has 0 aliphatic carbocycles. The van der Waals surface area contributed by atoms with E-state index in [-0.39, 0.29) is 36.3 Å². The molecule has 1 aromatic rings. The van der Waals surface area contributed by atoms with E-state index in [4.69, 9.17) is 5.14 Å². The predicted octanol–water partition coefficient (Wildman–Crippen LogP) is 0.742. The summed E-state index contributed by atoms with van der Waals surface area (Å²) >= 11 is 1.75. The molecule has 2 heterocycles. The van der Waals surface area contributed by atoms with Crippen LogP contribution in [-0.4, -0.2) is 64.3 Å². The summed E-state index contributed by atoms with van der Waals surface area (Å²) in [5, 5.41) is 11.6. The molecule has 0 aromatic carbocycles.